The number of aliphatic carboxylic acids is 1. The lowest BCUT2D eigenvalue weighted by atomic mass is 9.86. The summed E-state index contributed by atoms with van der Waals surface area (Å²) in [7, 11) is 1.93. The van der Waals surface area contributed by atoms with Crippen molar-refractivity contribution in [1.82, 2.24) is 24.9 Å². The topological polar surface area (TPSA) is 146 Å². The lowest BCUT2D eigenvalue weighted by Gasteiger charge is -2.34. The van der Waals surface area contributed by atoms with E-state index in [-0.39, 0.29) is 58.4 Å². The quantitative estimate of drug-likeness (QED) is 0.144. The Morgan fingerprint density at radius 1 is 1.12 bits per heavy atom. The van der Waals surface area contributed by atoms with Gasteiger partial charge in [-0.1, -0.05) is 18.9 Å². The van der Waals surface area contributed by atoms with Crippen molar-refractivity contribution in [3.05, 3.63) is 59.2 Å². The highest BCUT2D eigenvalue weighted by Gasteiger charge is 2.40. The fraction of sp³-hybridized carbons (Fsp3) is 0.471. The van der Waals surface area contributed by atoms with Crippen molar-refractivity contribution in [3.8, 4) is 11.3 Å². The third-order valence-electron chi connectivity index (χ3n) is 9.10. The Labute approximate surface area is 275 Å². The maximum absolute atomic E-state index is 14.2. The fourth-order valence-corrected chi connectivity index (χ4v) is 6.51. The zero-order valence-electron chi connectivity index (χ0n) is 26.9. The van der Waals surface area contributed by atoms with Crippen LogP contribution in [-0.2, 0) is 22.1 Å². The Balaban J connectivity index is 1.35. The van der Waals surface area contributed by atoms with E-state index in [4.69, 9.17) is 9.84 Å². The van der Waals surface area contributed by atoms with E-state index in [1.54, 1.807) is 12.1 Å². The summed E-state index contributed by atoms with van der Waals surface area (Å²) in [5.74, 6) is -1.57. The molecule has 6 rings (SSSR count). The van der Waals surface area contributed by atoms with Crippen LogP contribution in [0.15, 0.2) is 36.7 Å². The molecule has 14 heteroatoms. The maximum atomic E-state index is 14.2. The zero-order valence-corrected chi connectivity index (χ0v) is 26.9. The Hall–Kier alpha value is -4.59. The van der Waals surface area contributed by atoms with Crippen molar-refractivity contribution in [2.24, 2.45) is 5.41 Å². The molecule has 0 unspecified atom stereocenters. The number of rotatable bonds is 13. The smallest absolute Gasteiger partial charge is 0.418 e. The molecule has 0 spiro atoms. The number of H-pyrrole nitrogens is 1. The van der Waals surface area contributed by atoms with Crippen LogP contribution in [0.3, 0.4) is 0 Å². The van der Waals surface area contributed by atoms with Gasteiger partial charge in [0.1, 0.15) is 11.2 Å². The molecule has 0 aliphatic heterocycles. The summed E-state index contributed by atoms with van der Waals surface area (Å²) >= 11 is 0. The number of alkyl halides is 3. The van der Waals surface area contributed by atoms with Crippen molar-refractivity contribution < 1.29 is 32.6 Å². The Morgan fingerprint density at radius 2 is 1.90 bits per heavy atom. The van der Waals surface area contributed by atoms with Gasteiger partial charge in [-0.25, -0.2) is 4.98 Å². The van der Waals surface area contributed by atoms with Crippen LogP contribution in [0, 0.1) is 5.41 Å². The van der Waals surface area contributed by atoms with Gasteiger partial charge in [-0.2, -0.15) is 18.2 Å². The fourth-order valence-electron chi connectivity index (χ4n) is 6.51. The SMILES string of the molecule is CCOCC1(CN(C)c2cc(-c3cnc(C4CC4)c(C(F)(F)F)c3)nc3nc(NC(=O)c4ccc(CCC(=O)O)cn4)[nH]c23)CCCC1. The third kappa shape index (κ3) is 7.43. The maximum Gasteiger partial charge on any atom is 0.418 e. The van der Waals surface area contributed by atoms with E-state index >= 15 is 0 Å². The highest BCUT2D eigenvalue weighted by Crippen LogP contribution is 2.46. The molecule has 2 saturated carbocycles. The molecular weight excluding hydrogens is 627 g/mol. The van der Waals surface area contributed by atoms with Crippen LogP contribution in [0.1, 0.15) is 85.1 Å². The summed E-state index contributed by atoms with van der Waals surface area (Å²) < 4.78 is 48.4. The molecule has 2 aliphatic carbocycles. The molecule has 254 valence electrons. The average Bonchev–Trinajstić information content (AvgIpc) is 3.67. The predicted octanol–water partition coefficient (Wildman–Crippen LogP) is 6.61. The minimum atomic E-state index is -4.56. The Bertz CT molecular complexity index is 1800. The minimum Gasteiger partial charge on any atom is -0.481 e. The van der Waals surface area contributed by atoms with E-state index in [9.17, 15) is 22.8 Å². The van der Waals surface area contributed by atoms with Gasteiger partial charge in [-0.3, -0.25) is 24.9 Å². The monoisotopic (exact) mass is 665 g/mol. The van der Waals surface area contributed by atoms with Crippen molar-refractivity contribution in [2.45, 2.75) is 70.4 Å². The van der Waals surface area contributed by atoms with E-state index < -0.39 is 23.6 Å². The molecule has 1 amide bonds. The van der Waals surface area contributed by atoms with Gasteiger partial charge in [0, 0.05) is 55.9 Å². The van der Waals surface area contributed by atoms with Gasteiger partial charge in [0.05, 0.1) is 29.2 Å². The van der Waals surface area contributed by atoms with Crippen molar-refractivity contribution in [3.63, 3.8) is 0 Å². The second-order valence-electron chi connectivity index (χ2n) is 12.8. The van der Waals surface area contributed by atoms with Crippen LogP contribution in [0.25, 0.3) is 22.4 Å². The summed E-state index contributed by atoms with van der Waals surface area (Å²) in [4.78, 5) is 46.7. The number of aromatic nitrogens is 5. The first-order valence-electron chi connectivity index (χ1n) is 16.2. The zero-order chi connectivity index (χ0) is 34.1. The highest BCUT2D eigenvalue weighted by molar-refractivity contribution is 6.03. The van der Waals surface area contributed by atoms with Gasteiger partial charge in [0.2, 0.25) is 5.95 Å². The van der Waals surface area contributed by atoms with Gasteiger partial charge in [-0.05, 0) is 62.8 Å². The first-order chi connectivity index (χ1) is 22.9. The van der Waals surface area contributed by atoms with Crippen LogP contribution in [0.2, 0.25) is 0 Å². The number of ether oxygens (including phenoxy) is 1. The number of carbonyl (C=O) groups is 2. The summed E-state index contributed by atoms with van der Waals surface area (Å²) in [6.07, 6.45) is 4.10. The molecule has 11 nitrogen and oxygen atoms in total. The Kier molecular flexibility index (Phi) is 9.37. The van der Waals surface area contributed by atoms with Crippen LogP contribution in [0.4, 0.5) is 24.8 Å². The number of anilines is 2. The molecule has 0 radical (unpaired) electrons. The van der Waals surface area contributed by atoms with E-state index in [1.807, 2.05) is 14.0 Å². The van der Waals surface area contributed by atoms with E-state index in [0.29, 0.717) is 49.4 Å². The molecule has 4 heterocycles. The summed E-state index contributed by atoms with van der Waals surface area (Å²) in [6.45, 7) is 3.80. The number of fused-ring (bicyclic) bond motifs is 1. The number of nitrogens with one attached hydrogen (secondary N) is 2. The third-order valence-corrected chi connectivity index (χ3v) is 9.10. The second-order valence-corrected chi connectivity index (χ2v) is 12.8. The number of imidazole rings is 1. The van der Waals surface area contributed by atoms with Crippen LogP contribution in [-0.4, -0.2) is 68.7 Å². The molecule has 0 atom stereocenters. The molecular formula is C34H38F3N7O4. The number of carbonyl (C=O) groups excluding carboxylic acids is 1. The minimum absolute atomic E-state index is 0.0526. The van der Waals surface area contributed by atoms with Gasteiger partial charge < -0.3 is 19.7 Å². The summed E-state index contributed by atoms with van der Waals surface area (Å²) in [5, 5.41) is 11.6. The van der Waals surface area contributed by atoms with Crippen LogP contribution >= 0.6 is 0 Å². The molecule has 3 N–H and O–H groups in total. The number of hydrogen-bond acceptors (Lipinski definition) is 8. The number of nitrogens with zero attached hydrogens (tertiary/aromatic N) is 5. The number of pyridine rings is 3. The Morgan fingerprint density at radius 3 is 2.54 bits per heavy atom. The molecule has 48 heavy (non-hydrogen) atoms. The molecule has 0 aromatic carbocycles. The molecule has 2 aliphatic rings. The molecule has 0 saturated heterocycles. The lowest BCUT2D eigenvalue weighted by molar-refractivity contribution is -0.138. The lowest BCUT2D eigenvalue weighted by Crippen LogP contribution is -2.37. The number of aromatic amines is 1. The largest absolute Gasteiger partial charge is 0.481 e. The first-order valence-corrected chi connectivity index (χ1v) is 16.2. The summed E-state index contributed by atoms with van der Waals surface area (Å²) in [5.41, 5.74) is 1.88. The number of carboxylic acid groups (broad SMARTS) is 1. The average molecular weight is 666 g/mol. The second kappa shape index (κ2) is 13.5. The van der Waals surface area contributed by atoms with Gasteiger partial charge >= 0.3 is 12.1 Å². The van der Waals surface area contributed by atoms with Gasteiger partial charge in [0.15, 0.2) is 5.65 Å². The molecule has 4 aromatic rings. The predicted molar refractivity (Wildman–Crippen MR) is 173 cm³/mol. The van der Waals surface area contributed by atoms with Crippen LogP contribution in [0.5, 0.6) is 0 Å². The van der Waals surface area contributed by atoms with Crippen molar-refractivity contribution in [2.75, 3.05) is 37.0 Å². The van der Waals surface area contributed by atoms with Crippen molar-refractivity contribution in [1.29, 1.82) is 0 Å². The number of hydrogen-bond donors (Lipinski definition) is 3. The molecule has 0 bridgehead atoms. The normalized spacial score (nSPS) is 15.9. The highest BCUT2D eigenvalue weighted by atomic mass is 19.4. The molecule has 4 aromatic heterocycles. The number of halogens is 3. The van der Waals surface area contributed by atoms with Gasteiger partial charge in [-0.15, -0.1) is 0 Å². The standard InChI is InChI=1S/C34H38F3N7O4/c1-3-48-19-33(12-4-5-13-33)18-44(2)26-15-25(22-14-23(34(35,36)37)28(39-17-22)21-8-9-21)40-30-29(26)41-32(42-30)43-31(47)24-10-6-20(16-38-24)7-11-27(45)46/h6,10,14-17,21H,3-5,7-9,11-13,18-19H2,1-2H3,(H,45,46)(H2,40,41,42,43,47). The first kappa shape index (κ1) is 33.3. The van der Waals surface area contributed by atoms with E-state index in [1.165, 1.54) is 18.5 Å². The van der Waals surface area contributed by atoms with Gasteiger partial charge in [0.25, 0.3) is 5.91 Å². The number of aryl methyl sites for hydroxylation is 1. The number of amides is 1. The molecule has 2 fully saturated rings. The van der Waals surface area contributed by atoms with Crippen LogP contribution < -0.4 is 10.2 Å². The van der Waals surface area contributed by atoms with E-state index in [0.717, 1.165) is 31.7 Å². The van der Waals surface area contributed by atoms with Crippen molar-refractivity contribution >= 4 is 34.7 Å². The summed E-state index contributed by atoms with van der Waals surface area (Å²) in [6, 6.07) is 6.00. The van der Waals surface area contributed by atoms with E-state index in [2.05, 4.69) is 35.1 Å². The number of carboxylic acids is 1.